The fraction of sp³-hybridized carbons (Fsp3) is 0.458. The predicted molar refractivity (Wildman–Crippen MR) is 118 cm³/mol. The zero-order valence-electron chi connectivity index (χ0n) is 18.4. The molecule has 0 saturated heterocycles. The molecule has 1 aliphatic carbocycles. The van der Waals surface area contributed by atoms with E-state index >= 15 is 0 Å². The summed E-state index contributed by atoms with van der Waals surface area (Å²) in [4.78, 5) is 0. The first kappa shape index (κ1) is 23.4. The van der Waals surface area contributed by atoms with Crippen molar-refractivity contribution in [3.8, 4) is 29.1 Å². The normalized spacial score (nSPS) is 14.1. The molecular weight excluding hydrogens is 380 g/mol. The number of benzene rings is 2. The summed E-state index contributed by atoms with van der Waals surface area (Å²) in [6, 6.07) is 13.7. The molecule has 30 heavy (non-hydrogen) atoms. The second-order valence-electron chi connectivity index (χ2n) is 7.29. The molecule has 162 valence electrons. The molecule has 0 amide bonds. The third kappa shape index (κ3) is 5.37. The molecule has 1 saturated carbocycles. The van der Waals surface area contributed by atoms with Gasteiger partial charge in [0.05, 0.1) is 40.9 Å². The van der Waals surface area contributed by atoms with E-state index in [4.69, 9.17) is 29.9 Å². The third-order valence-electron chi connectivity index (χ3n) is 5.68. The Balaban J connectivity index is 0.000000222. The van der Waals surface area contributed by atoms with Crippen LogP contribution in [0.3, 0.4) is 0 Å². The Hall–Kier alpha value is -2.91. The second kappa shape index (κ2) is 11.3. The Kier molecular flexibility index (Phi) is 8.82. The second-order valence-corrected chi connectivity index (χ2v) is 7.29. The van der Waals surface area contributed by atoms with Crippen LogP contribution in [0, 0.1) is 11.3 Å². The summed E-state index contributed by atoms with van der Waals surface area (Å²) in [7, 11) is 6.49. The Bertz CT molecular complexity index is 855. The van der Waals surface area contributed by atoms with E-state index in [1.807, 2.05) is 18.2 Å². The summed E-state index contributed by atoms with van der Waals surface area (Å²) in [6.07, 6.45) is 5.29. The van der Waals surface area contributed by atoms with Crippen molar-refractivity contribution in [2.45, 2.75) is 37.5 Å². The Morgan fingerprint density at radius 1 is 0.833 bits per heavy atom. The van der Waals surface area contributed by atoms with Gasteiger partial charge in [-0.2, -0.15) is 5.26 Å². The lowest BCUT2D eigenvalue weighted by Gasteiger charge is -2.28. The number of nitrogens with two attached hydrogens (primary N) is 1. The molecule has 1 fully saturated rings. The first-order chi connectivity index (χ1) is 14.6. The quantitative estimate of drug-likeness (QED) is 0.732. The number of nitriles is 1. The third-order valence-corrected chi connectivity index (χ3v) is 5.68. The average molecular weight is 413 g/mol. The van der Waals surface area contributed by atoms with Gasteiger partial charge in [0.2, 0.25) is 0 Å². The molecule has 6 nitrogen and oxygen atoms in total. The summed E-state index contributed by atoms with van der Waals surface area (Å²) < 4.78 is 20.8. The number of hydrogen-bond acceptors (Lipinski definition) is 6. The molecule has 2 aromatic carbocycles. The fourth-order valence-corrected chi connectivity index (χ4v) is 3.91. The topological polar surface area (TPSA) is 86.7 Å². The molecular formula is C24H32N2O4. The lowest BCUT2D eigenvalue weighted by atomic mass is 9.79. The van der Waals surface area contributed by atoms with E-state index in [9.17, 15) is 0 Å². The Morgan fingerprint density at radius 2 is 1.37 bits per heavy atom. The molecule has 2 N–H and O–H groups in total. The number of ether oxygens (including phenoxy) is 4. The predicted octanol–water partition coefficient (Wildman–Crippen LogP) is 4.24. The minimum Gasteiger partial charge on any atom is -0.493 e. The maximum Gasteiger partial charge on any atom is 0.161 e. The lowest BCUT2D eigenvalue weighted by molar-refractivity contribution is 0.352. The zero-order chi connectivity index (χ0) is 22.0. The Labute approximate surface area is 179 Å². The molecule has 3 rings (SSSR count). The molecule has 0 bridgehead atoms. The lowest BCUT2D eigenvalue weighted by Crippen LogP contribution is -2.31. The minimum absolute atomic E-state index is 0.152. The van der Waals surface area contributed by atoms with Gasteiger partial charge in [-0.05, 0) is 48.2 Å². The van der Waals surface area contributed by atoms with Crippen molar-refractivity contribution in [2.24, 2.45) is 5.73 Å². The highest BCUT2D eigenvalue weighted by molar-refractivity contribution is 5.46. The number of methoxy groups -OCH3 is 4. The molecule has 0 atom stereocenters. The number of hydrogen-bond donors (Lipinski definition) is 1. The van der Waals surface area contributed by atoms with Gasteiger partial charge < -0.3 is 24.7 Å². The maximum absolute atomic E-state index is 8.49. The largest absolute Gasteiger partial charge is 0.493 e. The van der Waals surface area contributed by atoms with Crippen LogP contribution in [0.4, 0.5) is 0 Å². The monoisotopic (exact) mass is 412 g/mol. The molecule has 0 radical (unpaired) electrons. The smallest absolute Gasteiger partial charge is 0.161 e. The van der Waals surface area contributed by atoms with Gasteiger partial charge in [0, 0.05) is 12.0 Å². The number of nitrogens with zero attached hydrogens (tertiary/aromatic N) is 1. The molecule has 6 heteroatoms. The van der Waals surface area contributed by atoms with Crippen LogP contribution in [0.2, 0.25) is 0 Å². The van der Waals surface area contributed by atoms with E-state index in [1.165, 1.54) is 31.2 Å². The number of rotatable bonds is 7. The van der Waals surface area contributed by atoms with Gasteiger partial charge in [-0.1, -0.05) is 25.0 Å². The first-order valence-electron chi connectivity index (χ1n) is 10.1. The van der Waals surface area contributed by atoms with Crippen LogP contribution in [0.1, 0.15) is 36.8 Å². The molecule has 0 spiro atoms. The van der Waals surface area contributed by atoms with E-state index in [0.29, 0.717) is 24.5 Å². The molecule has 0 aliphatic heterocycles. The molecule has 2 aromatic rings. The van der Waals surface area contributed by atoms with Crippen molar-refractivity contribution in [3.63, 3.8) is 0 Å². The summed E-state index contributed by atoms with van der Waals surface area (Å²) >= 11 is 0. The van der Waals surface area contributed by atoms with Crippen molar-refractivity contribution in [3.05, 3.63) is 47.5 Å². The molecule has 0 heterocycles. The van der Waals surface area contributed by atoms with E-state index in [2.05, 4.69) is 18.2 Å². The van der Waals surface area contributed by atoms with Crippen LogP contribution < -0.4 is 24.7 Å². The van der Waals surface area contributed by atoms with Gasteiger partial charge in [0.1, 0.15) is 0 Å². The van der Waals surface area contributed by atoms with Gasteiger partial charge >= 0.3 is 0 Å². The fourth-order valence-electron chi connectivity index (χ4n) is 3.91. The van der Waals surface area contributed by atoms with Gasteiger partial charge in [-0.3, -0.25) is 0 Å². The van der Waals surface area contributed by atoms with Crippen LogP contribution >= 0.6 is 0 Å². The average Bonchev–Trinajstić information content (AvgIpc) is 3.29. The standard InChI is InChI=1S/C14H21NO2.C10H11NO2/c1-16-12-6-5-11(9-13(12)17-2)14(10-15)7-3-4-8-14;1-12-9-4-3-8(5-6-11)7-10(9)13-2/h5-6,9H,3-4,7-8,10,15H2,1-2H3;3-4,7H,5H2,1-2H3. The van der Waals surface area contributed by atoms with E-state index in [-0.39, 0.29) is 5.41 Å². The summed E-state index contributed by atoms with van der Waals surface area (Å²) in [5.74, 6) is 2.92. The summed E-state index contributed by atoms with van der Waals surface area (Å²) in [5, 5.41) is 8.49. The summed E-state index contributed by atoms with van der Waals surface area (Å²) in [5.41, 5.74) is 8.36. The first-order valence-corrected chi connectivity index (χ1v) is 10.1. The van der Waals surface area contributed by atoms with Gasteiger partial charge in [0.15, 0.2) is 23.0 Å². The van der Waals surface area contributed by atoms with Gasteiger partial charge in [0.25, 0.3) is 0 Å². The maximum atomic E-state index is 8.49. The van der Waals surface area contributed by atoms with Crippen LogP contribution in [0.15, 0.2) is 36.4 Å². The van der Waals surface area contributed by atoms with Crippen molar-refractivity contribution in [1.29, 1.82) is 5.26 Å². The van der Waals surface area contributed by atoms with E-state index in [0.717, 1.165) is 17.1 Å². The highest BCUT2D eigenvalue weighted by Crippen LogP contribution is 2.42. The molecule has 1 aliphatic rings. The summed E-state index contributed by atoms with van der Waals surface area (Å²) in [6.45, 7) is 0.711. The van der Waals surface area contributed by atoms with Gasteiger partial charge in [-0.25, -0.2) is 0 Å². The van der Waals surface area contributed by atoms with Gasteiger partial charge in [-0.15, -0.1) is 0 Å². The van der Waals surface area contributed by atoms with Crippen molar-refractivity contribution >= 4 is 0 Å². The molecule has 0 unspecified atom stereocenters. The highest BCUT2D eigenvalue weighted by Gasteiger charge is 2.34. The molecule has 0 aromatic heterocycles. The van der Waals surface area contributed by atoms with Crippen molar-refractivity contribution in [2.75, 3.05) is 35.0 Å². The zero-order valence-corrected chi connectivity index (χ0v) is 18.4. The van der Waals surface area contributed by atoms with E-state index < -0.39 is 0 Å². The van der Waals surface area contributed by atoms with Crippen LogP contribution in [0.25, 0.3) is 0 Å². The highest BCUT2D eigenvalue weighted by atomic mass is 16.5. The SMILES string of the molecule is COc1ccc(C2(CN)CCCC2)cc1OC.COc1ccc(CC#N)cc1OC. The van der Waals surface area contributed by atoms with Crippen LogP contribution in [0.5, 0.6) is 23.0 Å². The van der Waals surface area contributed by atoms with Crippen LogP contribution in [-0.2, 0) is 11.8 Å². The van der Waals surface area contributed by atoms with E-state index in [1.54, 1.807) is 34.5 Å². The van der Waals surface area contributed by atoms with Crippen LogP contribution in [-0.4, -0.2) is 35.0 Å². The minimum atomic E-state index is 0.152. The Morgan fingerprint density at radius 3 is 1.87 bits per heavy atom. The van der Waals surface area contributed by atoms with Crippen molar-refractivity contribution < 1.29 is 18.9 Å². The van der Waals surface area contributed by atoms with Crippen molar-refractivity contribution in [1.82, 2.24) is 0 Å².